The maximum absolute atomic E-state index is 5.15. The molecule has 0 unspecified atom stereocenters. The van der Waals surface area contributed by atoms with Crippen LogP contribution in [0.25, 0.3) is 11.3 Å². The molecule has 3 aromatic rings. The van der Waals surface area contributed by atoms with E-state index in [1.807, 2.05) is 73.8 Å². The lowest BCUT2D eigenvalue weighted by Crippen LogP contribution is -1.99. The molecule has 5 heteroatoms. The lowest BCUT2D eigenvalue weighted by atomic mass is 10.1. The van der Waals surface area contributed by atoms with Crippen molar-refractivity contribution in [1.29, 1.82) is 0 Å². The fourth-order valence-corrected chi connectivity index (χ4v) is 2.41. The topological polar surface area (TPSA) is 59.4 Å². The molecule has 1 aromatic heterocycles. The van der Waals surface area contributed by atoms with Crippen molar-refractivity contribution in [2.45, 2.75) is 13.3 Å². The number of hydrogen-bond donors (Lipinski definition) is 1. The van der Waals surface area contributed by atoms with E-state index in [1.165, 1.54) is 0 Å². The van der Waals surface area contributed by atoms with E-state index in [0.717, 1.165) is 29.0 Å². The van der Waals surface area contributed by atoms with Crippen molar-refractivity contribution in [1.82, 2.24) is 9.97 Å². The van der Waals surface area contributed by atoms with Crippen LogP contribution in [0.1, 0.15) is 11.4 Å². The first-order valence-electron chi connectivity index (χ1n) is 8.06. The molecular weight excluding hydrogens is 312 g/mol. The normalized spacial score (nSPS) is 10.8. The summed E-state index contributed by atoms with van der Waals surface area (Å²) in [5, 5.41) is 4.26. The molecular formula is C20H20N4O. The maximum atomic E-state index is 5.15. The van der Waals surface area contributed by atoms with Crippen molar-refractivity contribution in [2.75, 3.05) is 12.5 Å². The smallest absolute Gasteiger partial charge is 0.150 e. The summed E-state index contributed by atoms with van der Waals surface area (Å²) in [6.45, 7) is 1.87. The van der Waals surface area contributed by atoms with Gasteiger partial charge in [0.15, 0.2) is 0 Å². The van der Waals surface area contributed by atoms with Gasteiger partial charge in [-0.3, -0.25) is 5.43 Å². The predicted octanol–water partition coefficient (Wildman–Crippen LogP) is 4.10. The van der Waals surface area contributed by atoms with Crippen LogP contribution >= 0.6 is 0 Å². The van der Waals surface area contributed by atoms with Crippen molar-refractivity contribution in [3.63, 3.8) is 0 Å². The van der Waals surface area contributed by atoms with Gasteiger partial charge in [-0.25, -0.2) is 9.97 Å². The number of aromatic nitrogens is 2. The molecule has 0 aliphatic carbocycles. The van der Waals surface area contributed by atoms with Crippen molar-refractivity contribution < 1.29 is 4.74 Å². The molecule has 0 spiro atoms. The van der Waals surface area contributed by atoms with Gasteiger partial charge in [0.1, 0.15) is 17.4 Å². The second-order valence-electron chi connectivity index (χ2n) is 5.53. The number of methoxy groups -OCH3 is 1. The zero-order chi connectivity index (χ0) is 17.5. The zero-order valence-electron chi connectivity index (χ0n) is 14.3. The summed E-state index contributed by atoms with van der Waals surface area (Å²) >= 11 is 0. The fraction of sp³-hybridized carbons (Fsp3) is 0.150. The second-order valence-corrected chi connectivity index (χ2v) is 5.53. The van der Waals surface area contributed by atoms with E-state index < -0.39 is 0 Å². The summed E-state index contributed by atoms with van der Waals surface area (Å²) in [7, 11) is 1.66. The molecule has 0 bridgehead atoms. The Hall–Kier alpha value is -3.21. The largest absolute Gasteiger partial charge is 0.497 e. The van der Waals surface area contributed by atoms with Gasteiger partial charge >= 0.3 is 0 Å². The SMILES string of the molecule is COc1ccc(CC=NNc2cc(-c3ccccc3)nc(C)n2)cc1. The van der Waals surface area contributed by atoms with Crippen LogP contribution < -0.4 is 10.2 Å². The molecule has 126 valence electrons. The molecule has 1 N–H and O–H groups in total. The first kappa shape index (κ1) is 16.6. The Bertz CT molecular complexity index is 845. The van der Waals surface area contributed by atoms with Gasteiger partial charge in [-0.15, -0.1) is 0 Å². The molecule has 0 atom stereocenters. The Morgan fingerprint density at radius 2 is 1.80 bits per heavy atom. The molecule has 25 heavy (non-hydrogen) atoms. The van der Waals surface area contributed by atoms with E-state index in [-0.39, 0.29) is 0 Å². The van der Waals surface area contributed by atoms with E-state index in [9.17, 15) is 0 Å². The maximum Gasteiger partial charge on any atom is 0.150 e. The minimum absolute atomic E-state index is 0.678. The van der Waals surface area contributed by atoms with Crippen molar-refractivity contribution >= 4 is 12.0 Å². The molecule has 1 heterocycles. The predicted molar refractivity (Wildman–Crippen MR) is 101 cm³/mol. The van der Waals surface area contributed by atoms with Crippen LogP contribution in [0.15, 0.2) is 65.8 Å². The molecule has 0 amide bonds. The number of benzene rings is 2. The van der Waals surface area contributed by atoms with Gasteiger partial charge in [-0.05, 0) is 24.6 Å². The average Bonchev–Trinajstić information content (AvgIpc) is 2.66. The van der Waals surface area contributed by atoms with Gasteiger partial charge in [0.05, 0.1) is 12.8 Å². The first-order chi connectivity index (χ1) is 12.2. The zero-order valence-corrected chi connectivity index (χ0v) is 14.3. The first-order valence-corrected chi connectivity index (χ1v) is 8.06. The van der Waals surface area contributed by atoms with Crippen molar-refractivity contribution in [3.05, 3.63) is 72.1 Å². The summed E-state index contributed by atoms with van der Waals surface area (Å²) in [5.41, 5.74) is 6.07. The number of aryl methyl sites for hydroxylation is 1. The molecule has 2 aromatic carbocycles. The van der Waals surface area contributed by atoms with E-state index in [2.05, 4.69) is 20.5 Å². The van der Waals surface area contributed by atoms with Crippen LogP contribution in [0.5, 0.6) is 5.75 Å². The average molecular weight is 332 g/mol. The fourth-order valence-electron chi connectivity index (χ4n) is 2.41. The third-order valence-electron chi connectivity index (χ3n) is 3.66. The van der Waals surface area contributed by atoms with Crippen LogP contribution in [0.3, 0.4) is 0 Å². The van der Waals surface area contributed by atoms with Gasteiger partial charge in [-0.2, -0.15) is 5.10 Å². The monoisotopic (exact) mass is 332 g/mol. The summed E-state index contributed by atoms with van der Waals surface area (Å²) < 4.78 is 5.15. The second kappa shape index (κ2) is 8.06. The Morgan fingerprint density at radius 1 is 1.04 bits per heavy atom. The van der Waals surface area contributed by atoms with Crippen LogP contribution in [0.2, 0.25) is 0 Å². The number of nitrogens with zero attached hydrogens (tertiary/aromatic N) is 3. The number of hydrazone groups is 1. The van der Waals surface area contributed by atoms with Crippen LogP contribution in [-0.4, -0.2) is 23.3 Å². The van der Waals surface area contributed by atoms with Crippen LogP contribution in [0, 0.1) is 6.92 Å². The summed E-state index contributed by atoms with van der Waals surface area (Å²) in [6, 6.07) is 19.8. The molecule has 0 aliphatic rings. The number of anilines is 1. The number of nitrogens with one attached hydrogen (secondary N) is 1. The standard InChI is InChI=1S/C20H20N4O/c1-15-22-19(17-6-4-3-5-7-17)14-20(23-15)24-21-13-12-16-8-10-18(25-2)11-9-16/h3-11,13-14H,12H2,1-2H3,(H,22,23,24). The lowest BCUT2D eigenvalue weighted by molar-refractivity contribution is 0.414. The molecule has 0 radical (unpaired) electrons. The number of hydrogen-bond acceptors (Lipinski definition) is 5. The Morgan fingerprint density at radius 3 is 2.52 bits per heavy atom. The Labute approximate surface area is 147 Å². The van der Waals surface area contributed by atoms with E-state index in [1.54, 1.807) is 7.11 Å². The van der Waals surface area contributed by atoms with Gasteiger partial charge in [0, 0.05) is 24.3 Å². The van der Waals surface area contributed by atoms with Gasteiger partial charge in [0.25, 0.3) is 0 Å². The van der Waals surface area contributed by atoms with Crippen LogP contribution in [0.4, 0.5) is 5.82 Å². The molecule has 0 fully saturated rings. The minimum atomic E-state index is 0.678. The molecule has 0 aliphatic heterocycles. The lowest BCUT2D eigenvalue weighted by Gasteiger charge is -2.05. The summed E-state index contributed by atoms with van der Waals surface area (Å²) in [4.78, 5) is 8.86. The van der Waals surface area contributed by atoms with Gasteiger partial charge in [-0.1, -0.05) is 42.5 Å². The molecule has 0 saturated heterocycles. The van der Waals surface area contributed by atoms with Gasteiger partial charge < -0.3 is 4.74 Å². The summed E-state index contributed by atoms with van der Waals surface area (Å²) in [5.74, 6) is 2.23. The minimum Gasteiger partial charge on any atom is -0.497 e. The molecule has 0 saturated carbocycles. The van der Waals surface area contributed by atoms with Crippen molar-refractivity contribution in [2.24, 2.45) is 5.10 Å². The quantitative estimate of drug-likeness (QED) is 0.545. The van der Waals surface area contributed by atoms with Crippen molar-refractivity contribution in [3.8, 4) is 17.0 Å². The van der Waals surface area contributed by atoms with E-state index in [0.29, 0.717) is 11.6 Å². The van der Waals surface area contributed by atoms with Crippen LogP contribution in [-0.2, 0) is 6.42 Å². The highest BCUT2D eigenvalue weighted by Crippen LogP contribution is 2.19. The highest BCUT2D eigenvalue weighted by Gasteiger charge is 2.03. The Kier molecular flexibility index (Phi) is 5.36. The van der Waals surface area contributed by atoms with E-state index >= 15 is 0 Å². The van der Waals surface area contributed by atoms with Gasteiger partial charge in [0.2, 0.25) is 0 Å². The highest BCUT2D eigenvalue weighted by atomic mass is 16.5. The highest BCUT2D eigenvalue weighted by molar-refractivity contribution is 5.65. The van der Waals surface area contributed by atoms with E-state index in [4.69, 9.17) is 4.74 Å². The third-order valence-corrected chi connectivity index (χ3v) is 3.66. The Balaban J connectivity index is 1.65. The molecule has 5 nitrogen and oxygen atoms in total. The molecule has 3 rings (SSSR count). The third kappa shape index (κ3) is 4.64. The number of ether oxygens (including phenoxy) is 1. The number of rotatable bonds is 6. The summed E-state index contributed by atoms with van der Waals surface area (Å²) in [6.07, 6.45) is 2.55.